The highest BCUT2D eigenvalue weighted by Crippen LogP contribution is 2.31. The largest absolute Gasteiger partial charge is 0.369 e. The summed E-state index contributed by atoms with van der Waals surface area (Å²) in [4.78, 5) is 21.5. The van der Waals surface area contributed by atoms with Gasteiger partial charge in [0.25, 0.3) is 0 Å². The van der Waals surface area contributed by atoms with E-state index in [1.165, 1.54) is 0 Å². The number of pyridine rings is 2. The molecule has 3 aromatic heterocycles. The van der Waals surface area contributed by atoms with Crippen molar-refractivity contribution in [3.63, 3.8) is 0 Å². The summed E-state index contributed by atoms with van der Waals surface area (Å²) in [6.45, 7) is 5.28. The van der Waals surface area contributed by atoms with E-state index in [-0.39, 0.29) is 0 Å². The fourth-order valence-electron chi connectivity index (χ4n) is 3.84. The molecule has 0 bridgehead atoms. The highest BCUT2D eigenvalue weighted by Gasteiger charge is 2.24. The maximum absolute atomic E-state index is 12.5. The number of carbonyl (C=O) groups is 1. The second-order valence-corrected chi connectivity index (χ2v) is 7.70. The molecule has 0 spiro atoms. The lowest BCUT2D eigenvalue weighted by Crippen LogP contribution is -2.24. The molecular formula is C25H26N6O. The molecule has 1 atom stereocenters. The number of nitrogens with zero attached hydrogens (tertiary/aromatic N) is 4. The van der Waals surface area contributed by atoms with Crippen LogP contribution in [0.5, 0.6) is 0 Å². The van der Waals surface area contributed by atoms with Crippen molar-refractivity contribution in [2.45, 2.75) is 26.3 Å². The first-order chi connectivity index (χ1) is 15.5. The van der Waals surface area contributed by atoms with Gasteiger partial charge in [0.1, 0.15) is 5.82 Å². The van der Waals surface area contributed by atoms with Crippen LogP contribution >= 0.6 is 0 Å². The van der Waals surface area contributed by atoms with Crippen molar-refractivity contribution in [1.82, 2.24) is 19.7 Å². The number of hydrogen-bond donors (Lipinski definition) is 2. The third-order valence-electron chi connectivity index (χ3n) is 5.33. The number of carbonyl (C=O) groups excluding carboxylic acids is 1. The maximum Gasteiger partial charge on any atom is 0.229 e. The third-order valence-corrected chi connectivity index (χ3v) is 5.33. The number of nitrogens with two attached hydrogens (primary N) is 1. The van der Waals surface area contributed by atoms with Crippen molar-refractivity contribution >= 4 is 11.7 Å². The lowest BCUT2D eigenvalue weighted by molar-refractivity contribution is -0.118. The van der Waals surface area contributed by atoms with Crippen LogP contribution in [0, 0.1) is 13.8 Å². The van der Waals surface area contributed by atoms with E-state index in [4.69, 9.17) is 10.7 Å². The van der Waals surface area contributed by atoms with Crippen LogP contribution in [-0.2, 0) is 11.3 Å². The number of rotatable bonds is 8. The predicted molar refractivity (Wildman–Crippen MR) is 125 cm³/mol. The minimum Gasteiger partial charge on any atom is -0.369 e. The Morgan fingerprint density at radius 1 is 1.09 bits per heavy atom. The summed E-state index contributed by atoms with van der Waals surface area (Å²) < 4.78 is 1.95. The number of amides is 1. The van der Waals surface area contributed by atoms with E-state index in [0.717, 1.165) is 33.8 Å². The highest BCUT2D eigenvalue weighted by atomic mass is 16.1. The van der Waals surface area contributed by atoms with Crippen molar-refractivity contribution in [2.75, 3.05) is 11.9 Å². The van der Waals surface area contributed by atoms with Crippen molar-refractivity contribution in [3.8, 4) is 11.3 Å². The van der Waals surface area contributed by atoms with Gasteiger partial charge in [-0.3, -0.25) is 14.5 Å². The second-order valence-electron chi connectivity index (χ2n) is 7.70. The van der Waals surface area contributed by atoms with Gasteiger partial charge in [-0.15, -0.1) is 0 Å². The molecule has 0 fully saturated rings. The Hall–Kier alpha value is -4.00. The van der Waals surface area contributed by atoms with Gasteiger partial charge < -0.3 is 11.1 Å². The maximum atomic E-state index is 12.5. The molecular weight excluding hydrogens is 400 g/mol. The van der Waals surface area contributed by atoms with Crippen LogP contribution in [0.3, 0.4) is 0 Å². The zero-order valence-corrected chi connectivity index (χ0v) is 18.2. The standard InChI is InChI=1S/C25H26N6O/c1-17-15-18(2)31(30-17)14-13-28-25-21(23(24(26)32)20-9-6-12-27-16-20)10-11-22(29-25)19-7-4-3-5-8-19/h3-12,15-16,23H,13-14H2,1-2H3,(H2,26,32)(H,28,29). The van der Waals surface area contributed by atoms with Crippen LogP contribution in [0.2, 0.25) is 0 Å². The van der Waals surface area contributed by atoms with Gasteiger partial charge in [0, 0.05) is 35.8 Å². The van der Waals surface area contributed by atoms with E-state index in [9.17, 15) is 4.79 Å². The van der Waals surface area contributed by atoms with Gasteiger partial charge in [0.2, 0.25) is 5.91 Å². The van der Waals surface area contributed by atoms with Gasteiger partial charge in [-0.25, -0.2) is 4.98 Å². The number of hydrogen-bond acceptors (Lipinski definition) is 5. The van der Waals surface area contributed by atoms with E-state index < -0.39 is 11.8 Å². The van der Waals surface area contributed by atoms with E-state index >= 15 is 0 Å². The number of benzene rings is 1. The number of anilines is 1. The molecule has 1 unspecified atom stereocenters. The molecule has 32 heavy (non-hydrogen) atoms. The zero-order chi connectivity index (χ0) is 22.5. The van der Waals surface area contributed by atoms with Crippen molar-refractivity contribution < 1.29 is 4.79 Å². The summed E-state index contributed by atoms with van der Waals surface area (Å²) in [5, 5.41) is 7.93. The molecule has 0 aliphatic carbocycles. The number of nitrogens with one attached hydrogen (secondary N) is 1. The summed E-state index contributed by atoms with van der Waals surface area (Å²) >= 11 is 0. The van der Waals surface area contributed by atoms with Gasteiger partial charge in [0.05, 0.1) is 23.9 Å². The Bertz CT molecular complexity index is 1200. The minimum atomic E-state index is -0.655. The fraction of sp³-hybridized carbons (Fsp3) is 0.200. The Labute approximate surface area is 187 Å². The van der Waals surface area contributed by atoms with Crippen LogP contribution < -0.4 is 11.1 Å². The molecule has 7 heteroatoms. The molecule has 1 aromatic carbocycles. The van der Waals surface area contributed by atoms with Crippen molar-refractivity contribution in [2.24, 2.45) is 5.73 Å². The first kappa shape index (κ1) is 21.2. The monoisotopic (exact) mass is 426 g/mol. The second kappa shape index (κ2) is 9.43. The molecule has 7 nitrogen and oxygen atoms in total. The average Bonchev–Trinajstić information content (AvgIpc) is 3.12. The molecule has 4 rings (SSSR count). The third kappa shape index (κ3) is 4.67. The summed E-state index contributed by atoms with van der Waals surface area (Å²) in [6, 6.07) is 19.5. The van der Waals surface area contributed by atoms with Gasteiger partial charge in [0.15, 0.2) is 0 Å². The number of primary amides is 1. The van der Waals surface area contributed by atoms with E-state index in [1.54, 1.807) is 18.5 Å². The van der Waals surface area contributed by atoms with E-state index in [0.29, 0.717) is 18.9 Å². The highest BCUT2D eigenvalue weighted by molar-refractivity contribution is 5.87. The van der Waals surface area contributed by atoms with Crippen LogP contribution in [-0.4, -0.2) is 32.2 Å². The molecule has 0 aliphatic rings. The molecule has 3 N–H and O–H groups in total. The Morgan fingerprint density at radius 2 is 1.91 bits per heavy atom. The van der Waals surface area contributed by atoms with E-state index in [1.807, 2.05) is 73.1 Å². The van der Waals surface area contributed by atoms with Crippen LogP contribution in [0.25, 0.3) is 11.3 Å². The molecule has 1 amide bonds. The van der Waals surface area contributed by atoms with Crippen LogP contribution in [0.4, 0.5) is 5.82 Å². The summed E-state index contributed by atoms with van der Waals surface area (Å²) in [5.74, 6) is -0.480. The Morgan fingerprint density at radius 3 is 2.56 bits per heavy atom. The van der Waals surface area contributed by atoms with Crippen molar-refractivity contribution in [3.05, 3.63) is 95.6 Å². The van der Waals surface area contributed by atoms with Crippen molar-refractivity contribution in [1.29, 1.82) is 0 Å². The molecule has 0 saturated heterocycles. The summed E-state index contributed by atoms with van der Waals surface area (Å²) in [5.41, 5.74) is 11.2. The van der Waals surface area contributed by atoms with Gasteiger partial charge in [-0.05, 0) is 37.6 Å². The SMILES string of the molecule is Cc1cc(C)n(CCNc2nc(-c3ccccc3)ccc2C(C(N)=O)c2cccnc2)n1. The first-order valence-electron chi connectivity index (χ1n) is 10.5. The summed E-state index contributed by atoms with van der Waals surface area (Å²) in [6.07, 6.45) is 3.34. The Balaban J connectivity index is 1.69. The lowest BCUT2D eigenvalue weighted by Gasteiger charge is -2.19. The normalized spacial score (nSPS) is 11.8. The molecule has 4 aromatic rings. The average molecular weight is 427 g/mol. The number of aryl methyl sites for hydroxylation is 2. The molecule has 0 radical (unpaired) electrons. The van der Waals surface area contributed by atoms with Gasteiger partial charge in [-0.2, -0.15) is 5.10 Å². The summed E-state index contributed by atoms with van der Waals surface area (Å²) in [7, 11) is 0. The number of aromatic nitrogens is 4. The minimum absolute atomic E-state index is 0.450. The smallest absolute Gasteiger partial charge is 0.229 e. The van der Waals surface area contributed by atoms with Crippen LogP contribution in [0.15, 0.2) is 73.1 Å². The Kier molecular flexibility index (Phi) is 6.26. The van der Waals surface area contributed by atoms with Crippen LogP contribution in [0.1, 0.15) is 28.4 Å². The molecule has 0 aliphatic heterocycles. The molecule has 0 saturated carbocycles. The predicted octanol–water partition coefficient (Wildman–Crippen LogP) is 3.69. The lowest BCUT2D eigenvalue weighted by atomic mass is 9.91. The quantitative estimate of drug-likeness (QED) is 0.448. The van der Waals surface area contributed by atoms with Gasteiger partial charge in [-0.1, -0.05) is 42.5 Å². The van der Waals surface area contributed by atoms with E-state index in [2.05, 4.69) is 15.4 Å². The first-order valence-corrected chi connectivity index (χ1v) is 10.5. The molecule has 162 valence electrons. The fourth-order valence-corrected chi connectivity index (χ4v) is 3.84. The molecule has 3 heterocycles. The topological polar surface area (TPSA) is 98.7 Å². The zero-order valence-electron chi connectivity index (χ0n) is 18.2. The van der Waals surface area contributed by atoms with Gasteiger partial charge >= 0.3 is 0 Å².